The van der Waals surface area contributed by atoms with Gasteiger partial charge in [0, 0.05) is 33.7 Å². The molecule has 0 saturated heterocycles. The molecule has 0 fully saturated rings. The maximum atomic E-state index is 12.3. The first kappa shape index (κ1) is 19.8. The minimum absolute atomic E-state index is 0.0639. The van der Waals surface area contributed by atoms with E-state index in [1.807, 2.05) is 60.7 Å². The third-order valence-electron chi connectivity index (χ3n) is 4.09. The van der Waals surface area contributed by atoms with Crippen LogP contribution in [0.1, 0.15) is 15.9 Å². The standard InChI is InChI=1S/C22H19Cl2NOS/c23-20-7-4-8-21(24)19(20)15-27-14-13-25-22(26)18-11-9-17(10-12-18)16-5-2-1-3-6-16/h1-12H,13-15H2,(H,25,26). The summed E-state index contributed by atoms with van der Waals surface area (Å²) in [5, 5.41) is 4.30. The molecule has 0 bridgehead atoms. The largest absolute Gasteiger partial charge is 0.351 e. The van der Waals surface area contributed by atoms with Crippen molar-refractivity contribution in [1.29, 1.82) is 0 Å². The van der Waals surface area contributed by atoms with Gasteiger partial charge < -0.3 is 5.32 Å². The van der Waals surface area contributed by atoms with E-state index in [1.165, 1.54) is 0 Å². The Labute approximate surface area is 173 Å². The highest BCUT2D eigenvalue weighted by Gasteiger charge is 2.07. The first-order valence-corrected chi connectivity index (χ1v) is 10.5. The summed E-state index contributed by atoms with van der Waals surface area (Å²) >= 11 is 14.0. The molecule has 1 N–H and O–H groups in total. The van der Waals surface area contributed by atoms with Crippen LogP contribution in [0, 0.1) is 0 Å². The van der Waals surface area contributed by atoms with Crippen molar-refractivity contribution < 1.29 is 4.79 Å². The summed E-state index contributed by atoms with van der Waals surface area (Å²) in [5.41, 5.74) is 3.83. The van der Waals surface area contributed by atoms with Crippen LogP contribution >= 0.6 is 35.0 Å². The van der Waals surface area contributed by atoms with E-state index in [1.54, 1.807) is 11.8 Å². The van der Waals surface area contributed by atoms with Gasteiger partial charge >= 0.3 is 0 Å². The Morgan fingerprint density at radius 1 is 0.815 bits per heavy atom. The van der Waals surface area contributed by atoms with Gasteiger partial charge in [0.1, 0.15) is 0 Å². The summed E-state index contributed by atoms with van der Waals surface area (Å²) in [4.78, 5) is 12.3. The quantitative estimate of drug-likeness (QED) is 0.457. The topological polar surface area (TPSA) is 29.1 Å². The van der Waals surface area contributed by atoms with Gasteiger partial charge in [-0.25, -0.2) is 0 Å². The number of halogens is 2. The molecule has 3 aromatic carbocycles. The highest BCUT2D eigenvalue weighted by atomic mass is 35.5. The van der Waals surface area contributed by atoms with Crippen LogP contribution < -0.4 is 5.32 Å². The third-order valence-corrected chi connectivity index (χ3v) is 5.79. The molecule has 0 radical (unpaired) electrons. The molecular weight excluding hydrogens is 397 g/mol. The van der Waals surface area contributed by atoms with Crippen molar-refractivity contribution in [3.63, 3.8) is 0 Å². The van der Waals surface area contributed by atoms with Crippen molar-refractivity contribution in [3.8, 4) is 11.1 Å². The Morgan fingerprint density at radius 2 is 1.44 bits per heavy atom. The number of rotatable bonds is 7. The van der Waals surface area contributed by atoms with Gasteiger partial charge in [0.25, 0.3) is 5.91 Å². The SMILES string of the molecule is O=C(NCCSCc1c(Cl)cccc1Cl)c1ccc(-c2ccccc2)cc1. The fraction of sp³-hybridized carbons (Fsp3) is 0.136. The number of carbonyl (C=O) groups is 1. The van der Waals surface area contributed by atoms with Crippen molar-refractivity contribution in [2.24, 2.45) is 0 Å². The van der Waals surface area contributed by atoms with E-state index >= 15 is 0 Å². The van der Waals surface area contributed by atoms with E-state index in [-0.39, 0.29) is 5.91 Å². The molecule has 0 aromatic heterocycles. The molecule has 0 aliphatic rings. The van der Waals surface area contributed by atoms with Crippen molar-refractivity contribution in [1.82, 2.24) is 5.32 Å². The van der Waals surface area contributed by atoms with E-state index in [0.29, 0.717) is 22.2 Å². The first-order chi connectivity index (χ1) is 13.1. The Morgan fingerprint density at radius 3 is 2.11 bits per heavy atom. The molecule has 3 rings (SSSR count). The zero-order chi connectivity index (χ0) is 19.1. The Balaban J connectivity index is 1.45. The Hall–Kier alpha value is -1.94. The molecule has 3 aromatic rings. The van der Waals surface area contributed by atoms with Crippen LogP contribution in [0.3, 0.4) is 0 Å². The van der Waals surface area contributed by atoms with Gasteiger partial charge in [0.2, 0.25) is 0 Å². The highest BCUT2D eigenvalue weighted by Crippen LogP contribution is 2.28. The smallest absolute Gasteiger partial charge is 0.251 e. The molecule has 0 heterocycles. The highest BCUT2D eigenvalue weighted by molar-refractivity contribution is 7.98. The fourth-order valence-electron chi connectivity index (χ4n) is 2.63. The van der Waals surface area contributed by atoms with Crippen molar-refractivity contribution in [2.45, 2.75) is 5.75 Å². The van der Waals surface area contributed by atoms with Gasteiger partial charge in [-0.15, -0.1) is 0 Å². The predicted octanol–water partition coefficient (Wildman–Crippen LogP) is 6.32. The van der Waals surface area contributed by atoms with E-state index in [0.717, 1.165) is 28.2 Å². The van der Waals surface area contributed by atoms with Gasteiger partial charge in [-0.1, -0.05) is 71.7 Å². The number of amides is 1. The zero-order valence-corrected chi connectivity index (χ0v) is 17.0. The lowest BCUT2D eigenvalue weighted by atomic mass is 10.0. The molecule has 0 unspecified atom stereocenters. The van der Waals surface area contributed by atoms with Crippen LogP contribution in [0.4, 0.5) is 0 Å². The minimum atomic E-state index is -0.0639. The number of benzene rings is 3. The van der Waals surface area contributed by atoms with Gasteiger partial charge in [-0.3, -0.25) is 4.79 Å². The number of nitrogens with one attached hydrogen (secondary N) is 1. The first-order valence-electron chi connectivity index (χ1n) is 8.59. The van der Waals surface area contributed by atoms with Crippen molar-refractivity contribution >= 4 is 40.9 Å². The predicted molar refractivity (Wildman–Crippen MR) is 117 cm³/mol. The number of hydrogen-bond acceptors (Lipinski definition) is 2. The molecule has 0 aliphatic heterocycles. The summed E-state index contributed by atoms with van der Waals surface area (Å²) < 4.78 is 0. The summed E-state index contributed by atoms with van der Waals surface area (Å²) in [6, 6.07) is 23.3. The van der Waals surface area contributed by atoms with Crippen LogP contribution in [0.2, 0.25) is 10.0 Å². The normalized spacial score (nSPS) is 10.6. The van der Waals surface area contributed by atoms with E-state index < -0.39 is 0 Å². The van der Waals surface area contributed by atoms with Crippen molar-refractivity contribution in [3.05, 3.63) is 94.0 Å². The van der Waals surface area contributed by atoms with Crippen LogP contribution in [-0.2, 0) is 5.75 Å². The summed E-state index contributed by atoms with van der Waals surface area (Å²) in [5.74, 6) is 1.45. The molecule has 0 saturated carbocycles. The van der Waals surface area contributed by atoms with Crippen LogP contribution in [0.15, 0.2) is 72.8 Å². The average Bonchev–Trinajstić information content (AvgIpc) is 2.70. The maximum absolute atomic E-state index is 12.3. The van der Waals surface area contributed by atoms with Gasteiger partial charge in [-0.05, 0) is 41.0 Å². The monoisotopic (exact) mass is 415 g/mol. The molecule has 27 heavy (non-hydrogen) atoms. The minimum Gasteiger partial charge on any atom is -0.351 e. The van der Waals surface area contributed by atoms with Crippen molar-refractivity contribution in [2.75, 3.05) is 12.3 Å². The molecule has 138 valence electrons. The number of carbonyl (C=O) groups excluding carboxylic acids is 1. The molecule has 1 amide bonds. The molecular formula is C22H19Cl2NOS. The van der Waals surface area contributed by atoms with Gasteiger partial charge in [-0.2, -0.15) is 11.8 Å². The molecule has 0 atom stereocenters. The average molecular weight is 416 g/mol. The summed E-state index contributed by atoms with van der Waals surface area (Å²) in [7, 11) is 0. The van der Waals surface area contributed by atoms with E-state index in [4.69, 9.17) is 23.2 Å². The number of thioether (sulfide) groups is 1. The lowest BCUT2D eigenvalue weighted by molar-refractivity contribution is 0.0956. The van der Waals surface area contributed by atoms with Gasteiger partial charge in [0.05, 0.1) is 0 Å². The zero-order valence-electron chi connectivity index (χ0n) is 14.6. The fourth-order valence-corrected chi connectivity index (χ4v) is 4.22. The van der Waals surface area contributed by atoms with Crippen LogP contribution in [0.5, 0.6) is 0 Å². The van der Waals surface area contributed by atoms with Crippen LogP contribution in [-0.4, -0.2) is 18.2 Å². The maximum Gasteiger partial charge on any atom is 0.251 e. The van der Waals surface area contributed by atoms with E-state index in [2.05, 4.69) is 17.4 Å². The second kappa shape index (κ2) is 9.84. The Bertz CT molecular complexity index is 878. The lowest BCUT2D eigenvalue weighted by Gasteiger charge is -2.08. The number of hydrogen-bond donors (Lipinski definition) is 1. The second-order valence-electron chi connectivity index (χ2n) is 5.95. The third kappa shape index (κ3) is 5.52. The summed E-state index contributed by atoms with van der Waals surface area (Å²) in [6.07, 6.45) is 0. The summed E-state index contributed by atoms with van der Waals surface area (Å²) in [6.45, 7) is 0.589. The second-order valence-corrected chi connectivity index (χ2v) is 7.87. The van der Waals surface area contributed by atoms with Crippen LogP contribution in [0.25, 0.3) is 11.1 Å². The van der Waals surface area contributed by atoms with Gasteiger partial charge in [0.15, 0.2) is 0 Å². The molecule has 0 aliphatic carbocycles. The molecule has 2 nitrogen and oxygen atoms in total. The molecule has 0 spiro atoms. The lowest BCUT2D eigenvalue weighted by Crippen LogP contribution is -2.25. The Kier molecular flexibility index (Phi) is 7.22. The van der Waals surface area contributed by atoms with E-state index in [9.17, 15) is 4.79 Å². The molecule has 5 heteroatoms.